The zero-order valence-electron chi connectivity index (χ0n) is 37.4. The van der Waals surface area contributed by atoms with Gasteiger partial charge >= 0.3 is 0 Å². The van der Waals surface area contributed by atoms with E-state index in [-0.39, 0.29) is 36.7 Å². The van der Waals surface area contributed by atoms with Gasteiger partial charge in [-0.15, -0.1) is 90.7 Å². The molecule has 4 amide bonds. The van der Waals surface area contributed by atoms with Crippen LogP contribution >= 0.6 is 90.7 Å². The molecule has 72 heavy (non-hydrogen) atoms. The van der Waals surface area contributed by atoms with E-state index < -0.39 is 0 Å². The fourth-order valence-electron chi connectivity index (χ4n) is 9.02. The van der Waals surface area contributed by atoms with Crippen LogP contribution in [0.5, 0.6) is 0 Å². The number of imide groups is 2. The number of carbonyl (C=O) groups excluding carboxylic acids is 4. The van der Waals surface area contributed by atoms with Crippen molar-refractivity contribution in [3.05, 3.63) is 148 Å². The highest BCUT2D eigenvalue weighted by Gasteiger charge is 2.43. The number of nitriles is 1. The molecule has 10 nitrogen and oxygen atoms in total. The molecule has 0 bridgehead atoms. The highest BCUT2D eigenvalue weighted by atomic mass is 32.1. The second kappa shape index (κ2) is 17.3. The SMILES string of the molecule is [C-]#[N+]c1ccc(-c2ccc(-c3sc(-c4ccc(-c5nc6cc7sc(-c8ccc(-c9sc(-c%10ccc(-c%11ccc(C#N)cc%11)s%10)c%10c9C(=O)N(CC)C%10=O)s8)nc7cc6s5)s4)c4c3C(=O)N(CC)C4=O)s2)cc1. The Labute approximate surface area is 442 Å². The first kappa shape index (κ1) is 44.8. The Morgan fingerprint density at radius 2 is 0.819 bits per heavy atom. The van der Waals surface area contributed by atoms with Crippen molar-refractivity contribution >= 4 is 140 Å². The standard InChI is InChI=1S/C54H28N6O4S8/c1-4-59-51(61)41-43(53(59)63)47(71-45(41)33-16-14-31(65-33)26-8-6-25(24-55)7-9-26)35-18-20-37(67-35)49-57-29-22-40-30(23-39(29)69-49)58-50(70-40)38-21-19-36(68-38)48-44-42(52(62)60(5-2)54(44)64)46(72-48)34-17-15-32(66-34)27-10-12-28(56-3)13-11-27/h6-23H,4-5H2,1-2H3. The summed E-state index contributed by atoms with van der Waals surface area (Å²) in [4.78, 5) is 82.4. The Morgan fingerprint density at radius 1 is 0.472 bits per heavy atom. The molecule has 0 fully saturated rings. The topological polar surface area (TPSA) is 129 Å². The van der Waals surface area contributed by atoms with E-state index in [4.69, 9.17) is 16.5 Å². The van der Waals surface area contributed by atoms with Gasteiger partial charge in [0.2, 0.25) is 0 Å². The summed E-state index contributed by atoms with van der Waals surface area (Å²) in [6.45, 7) is 11.5. The molecule has 10 heterocycles. The van der Waals surface area contributed by atoms with Crippen molar-refractivity contribution in [3.8, 4) is 85.7 Å². The quantitative estimate of drug-likeness (QED) is 0.0985. The van der Waals surface area contributed by atoms with Crippen LogP contribution in [-0.2, 0) is 0 Å². The number of benzene rings is 3. The van der Waals surface area contributed by atoms with Crippen LogP contribution in [0.25, 0.3) is 105 Å². The lowest BCUT2D eigenvalue weighted by molar-refractivity contribution is 0.0647. The molecule has 0 atom stereocenters. The summed E-state index contributed by atoms with van der Waals surface area (Å²) in [6.07, 6.45) is 0. The van der Waals surface area contributed by atoms with Gasteiger partial charge in [0, 0.05) is 42.4 Å². The van der Waals surface area contributed by atoms with Gasteiger partial charge in [0.1, 0.15) is 10.0 Å². The van der Waals surface area contributed by atoms with Gasteiger partial charge in [0.15, 0.2) is 5.69 Å². The summed E-state index contributed by atoms with van der Waals surface area (Å²) in [7, 11) is 0. The minimum absolute atomic E-state index is 0.269. The Bertz CT molecular complexity index is 3900. The fourth-order valence-corrected chi connectivity index (χ4v) is 18.2. The summed E-state index contributed by atoms with van der Waals surface area (Å²) in [6, 6.07) is 37.4. The molecular formula is C54H28N6O4S8. The van der Waals surface area contributed by atoms with Crippen molar-refractivity contribution in [2.24, 2.45) is 0 Å². The number of thiazole rings is 2. The molecule has 18 heteroatoms. The van der Waals surface area contributed by atoms with Crippen molar-refractivity contribution in [3.63, 3.8) is 0 Å². The van der Waals surface area contributed by atoms with E-state index in [9.17, 15) is 24.4 Å². The second-order valence-electron chi connectivity index (χ2n) is 16.6. The number of fused-ring (bicyclic) bond motifs is 4. The molecule has 0 unspecified atom stereocenters. The first-order valence-corrected chi connectivity index (χ1v) is 28.8. The predicted molar refractivity (Wildman–Crippen MR) is 297 cm³/mol. The van der Waals surface area contributed by atoms with Gasteiger partial charge in [-0.25, -0.2) is 14.8 Å². The molecule has 13 rings (SSSR count). The van der Waals surface area contributed by atoms with Crippen molar-refractivity contribution in [2.45, 2.75) is 13.8 Å². The average molecular weight is 1080 g/mol. The highest BCUT2D eigenvalue weighted by molar-refractivity contribution is 7.31. The molecule has 0 saturated carbocycles. The highest BCUT2D eigenvalue weighted by Crippen LogP contribution is 2.53. The molecule has 346 valence electrons. The van der Waals surface area contributed by atoms with E-state index in [0.717, 1.165) is 100 Å². The third-order valence-corrected chi connectivity index (χ3v) is 22.4. The van der Waals surface area contributed by atoms with E-state index in [2.05, 4.69) is 23.0 Å². The minimum atomic E-state index is -0.274. The molecule has 0 saturated heterocycles. The summed E-state index contributed by atoms with van der Waals surface area (Å²) < 4.78 is 1.99. The van der Waals surface area contributed by atoms with Crippen LogP contribution in [0.2, 0.25) is 0 Å². The van der Waals surface area contributed by atoms with Crippen molar-refractivity contribution in [1.82, 2.24) is 19.8 Å². The zero-order chi connectivity index (χ0) is 49.1. The van der Waals surface area contributed by atoms with Crippen LogP contribution in [0.15, 0.2) is 109 Å². The van der Waals surface area contributed by atoms with Gasteiger partial charge in [-0.1, -0.05) is 36.4 Å². The summed E-state index contributed by atoms with van der Waals surface area (Å²) in [5.41, 5.74) is 6.67. The third-order valence-electron chi connectivity index (χ3n) is 12.5. The van der Waals surface area contributed by atoms with Crippen LogP contribution in [0.3, 0.4) is 0 Å². The monoisotopic (exact) mass is 1080 g/mol. The van der Waals surface area contributed by atoms with E-state index in [1.54, 1.807) is 92.3 Å². The minimum Gasteiger partial charge on any atom is -0.275 e. The van der Waals surface area contributed by atoms with Gasteiger partial charge in [-0.2, -0.15) is 5.26 Å². The molecule has 8 aromatic heterocycles. The molecule has 0 radical (unpaired) electrons. The van der Waals surface area contributed by atoms with Crippen LogP contribution in [-0.4, -0.2) is 56.5 Å². The van der Waals surface area contributed by atoms with Crippen LogP contribution < -0.4 is 0 Å². The molecule has 11 aromatic rings. The first-order chi connectivity index (χ1) is 35.1. The van der Waals surface area contributed by atoms with Gasteiger partial charge < -0.3 is 0 Å². The molecule has 0 N–H and O–H groups in total. The summed E-state index contributed by atoms with van der Waals surface area (Å²) in [5.74, 6) is -1.09. The van der Waals surface area contributed by atoms with Gasteiger partial charge in [-0.05, 0) is 97.8 Å². The normalized spacial score (nSPS) is 13.3. The molecule has 2 aliphatic heterocycles. The van der Waals surface area contributed by atoms with Gasteiger partial charge in [-0.3, -0.25) is 29.0 Å². The Balaban J connectivity index is 0.796. The molecule has 0 spiro atoms. The molecular weight excluding hydrogens is 1050 g/mol. The summed E-state index contributed by atoms with van der Waals surface area (Å²) in [5, 5.41) is 11.0. The smallest absolute Gasteiger partial charge is 0.263 e. The number of amides is 4. The third kappa shape index (κ3) is 7.05. The predicted octanol–water partition coefficient (Wildman–Crippen LogP) is 16.3. The lowest BCUT2D eigenvalue weighted by Crippen LogP contribution is -2.29. The Kier molecular flexibility index (Phi) is 10.8. The molecule has 2 aliphatic rings. The molecule has 3 aromatic carbocycles. The van der Waals surface area contributed by atoms with Crippen LogP contribution in [0, 0.1) is 17.9 Å². The lowest BCUT2D eigenvalue weighted by Gasteiger charge is -2.11. The Hall–Kier alpha value is -7.10. The van der Waals surface area contributed by atoms with Gasteiger partial charge in [0.05, 0.1) is 90.2 Å². The number of thiophene rings is 6. The van der Waals surface area contributed by atoms with E-state index in [0.29, 0.717) is 33.5 Å². The second-order valence-corrected chi connectivity index (χ2v) is 25.0. The Morgan fingerprint density at radius 3 is 1.18 bits per heavy atom. The van der Waals surface area contributed by atoms with Crippen molar-refractivity contribution < 1.29 is 19.2 Å². The number of carbonyl (C=O) groups is 4. The molecule has 0 aliphatic carbocycles. The largest absolute Gasteiger partial charge is 0.275 e. The first-order valence-electron chi connectivity index (χ1n) is 22.3. The van der Waals surface area contributed by atoms with Gasteiger partial charge in [0.25, 0.3) is 23.6 Å². The lowest BCUT2D eigenvalue weighted by atomic mass is 10.1. The summed E-state index contributed by atoms with van der Waals surface area (Å²) >= 11 is 12.4. The maximum Gasteiger partial charge on any atom is 0.263 e. The van der Waals surface area contributed by atoms with E-state index >= 15 is 0 Å². The van der Waals surface area contributed by atoms with Crippen LogP contribution in [0.1, 0.15) is 60.8 Å². The van der Waals surface area contributed by atoms with Crippen LogP contribution in [0.4, 0.5) is 5.69 Å². The van der Waals surface area contributed by atoms with E-state index in [1.807, 2.05) is 86.6 Å². The van der Waals surface area contributed by atoms with Crippen molar-refractivity contribution in [2.75, 3.05) is 13.1 Å². The number of rotatable bonds is 10. The number of hydrogen-bond donors (Lipinski definition) is 0. The fraction of sp³-hybridized carbons (Fsp3) is 0.0741. The van der Waals surface area contributed by atoms with E-state index in [1.165, 1.54) is 32.5 Å². The number of aromatic nitrogens is 2. The maximum atomic E-state index is 13.9. The number of nitrogens with zero attached hydrogens (tertiary/aromatic N) is 6. The average Bonchev–Trinajstić information content (AvgIpc) is 4.24. The maximum absolute atomic E-state index is 13.9. The van der Waals surface area contributed by atoms with Crippen molar-refractivity contribution in [1.29, 1.82) is 5.26 Å². The number of hydrogen-bond acceptors (Lipinski definition) is 15. The zero-order valence-corrected chi connectivity index (χ0v) is 43.9.